The number of quaternary nitrogens is 1. The third kappa shape index (κ3) is 3.70. The highest BCUT2D eigenvalue weighted by Gasteiger charge is 2.30. The Morgan fingerprint density at radius 1 is 1.20 bits per heavy atom. The van der Waals surface area contributed by atoms with Crippen LogP contribution in [0.1, 0.15) is 12.7 Å². The summed E-state index contributed by atoms with van der Waals surface area (Å²) in [6.07, 6.45) is 0. The summed E-state index contributed by atoms with van der Waals surface area (Å²) >= 11 is 0. The minimum absolute atomic E-state index is 0.0808. The van der Waals surface area contributed by atoms with Crippen molar-refractivity contribution in [3.05, 3.63) is 60.1 Å². The minimum Gasteiger partial charge on any atom is -0.505 e. The summed E-state index contributed by atoms with van der Waals surface area (Å²) in [5, 5.41) is 20.6. The number of benzene rings is 2. The average molecular weight is 404 g/mol. The van der Waals surface area contributed by atoms with Gasteiger partial charge in [-0.2, -0.15) is 5.26 Å². The minimum atomic E-state index is -0.201. The van der Waals surface area contributed by atoms with Crippen molar-refractivity contribution in [2.75, 3.05) is 38.2 Å². The molecule has 3 N–H and O–H groups in total. The average Bonchev–Trinajstić information content (AvgIpc) is 3.22. The van der Waals surface area contributed by atoms with Gasteiger partial charge in [0.1, 0.15) is 23.4 Å². The van der Waals surface area contributed by atoms with Gasteiger partial charge < -0.3 is 24.6 Å². The number of aromatic amines is 1. The largest absolute Gasteiger partial charge is 0.505 e. The summed E-state index contributed by atoms with van der Waals surface area (Å²) in [6, 6.07) is 17.6. The molecule has 0 spiro atoms. The Bertz CT molecular complexity index is 1070. The van der Waals surface area contributed by atoms with Gasteiger partial charge in [-0.05, 0) is 31.2 Å². The molecule has 1 saturated heterocycles. The first-order valence-electron chi connectivity index (χ1n) is 10.1. The smallest absolute Gasteiger partial charge is 0.172 e. The number of anilines is 1. The fourth-order valence-corrected chi connectivity index (χ4v) is 4.07. The lowest BCUT2D eigenvalue weighted by Gasteiger charge is -2.36. The molecule has 1 aromatic heterocycles. The summed E-state index contributed by atoms with van der Waals surface area (Å²) in [6.45, 7) is 5.35. The molecule has 7 nitrogen and oxygen atoms in total. The molecule has 0 bridgehead atoms. The molecule has 154 valence electrons. The number of nitrogens with zero attached hydrogens (tertiary/aromatic N) is 3. The number of H-pyrrole nitrogens is 1. The second-order valence-corrected chi connectivity index (χ2v) is 7.51. The van der Waals surface area contributed by atoms with E-state index in [-0.39, 0.29) is 17.4 Å². The predicted molar refractivity (Wildman–Crippen MR) is 117 cm³/mol. The highest BCUT2D eigenvalue weighted by Crippen LogP contribution is 2.27. The van der Waals surface area contributed by atoms with Gasteiger partial charge in [-0.1, -0.05) is 24.3 Å². The molecule has 0 unspecified atom stereocenters. The molecule has 1 atom stereocenters. The van der Waals surface area contributed by atoms with Crippen molar-refractivity contribution in [1.82, 2.24) is 9.97 Å². The normalized spacial score (nSPS) is 16.8. The SMILES string of the molecule is COc1ccccc1N1CC[NH+]([C@@H](C)/C(O)=C(\C#N)c2nc3ccccc3[nH]2)CC1. The Hall–Kier alpha value is -3.50. The summed E-state index contributed by atoms with van der Waals surface area (Å²) < 4.78 is 5.49. The van der Waals surface area contributed by atoms with Crippen LogP contribution in [0.4, 0.5) is 5.69 Å². The standard InChI is InChI=1S/C23H25N5O2/c1-16(22(29)17(15-24)23-25-18-7-3-4-8-19(18)26-23)27-11-13-28(14-12-27)20-9-5-6-10-21(20)30-2/h3-10,16,29H,11-14H2,1-2H3,(H,25,26)/p+1/b22-17-/t16-/m0/s1. The third-order valence-electron chi connectivity index (χ3n) is 5.85. The lowest BCUT2D eigenvalue weighted by Crippen LogP contribution is -3.18. The number of hydrogen-bond acceptors (Lipinski definition) is 5. The van der Waals surface area contributed by atoms with Crippen LogP contribution in [-0.4, -0.2) is 54.4 Å². The van der Waals surface area contributed by atoms with Crippen molar-refractivity contribution in [2.24, 2.45) is 0 Å². The van der Waals surface area contributed by atoms with Crippen LogP contribution in [0.2, 0.25) is 0 Å². The number of ether oxygens (including phenoxy) is 1. The van der Waals surface area contributed by atoms with Crippen molar-refractivity contribution in [3.63, 3.8) is 0 Å². The van der Waals surface area contributed by atoms with Crippen LogP contribution in [0, 0.1) is 11.3 Å². The molecule has 30 heavy (non-hydrogen) atoms. The molecule has 0 saturated carbocycles. The van der Waals surface area contributed by atoms with Gasteiger partial charge in [-0.25, -0.2) is 4.98 Å². The highest BCUT2D eigenvalue weighted by molar-refractivity contribution is 5.82. The van der Waals surface area contributed by atoms with Gasteiger partial charge in [-0.3, -0.25) is 0 Å². The van der Waals surface area contributed by atoms with E-state index in [9.17, 15) is 10.4 Å². The summed E-state index contributed by atoms with van der Waals surface area (Å²) in [5.74, 6) is 1.36. The number of rotatable bonds is 5. The topological polar surface area (TPSA) is 89.6 Å². The van der Waals surface area contributed by atoms with Crippen LogP contribution < -0.4 is 14.5 Å². The van der Waals surface area contributed by atoms with Crippen molar-refractivity contribution >= 4 is 22.3 Å². The van der Waals surface area contributed by atoms with E-state index < -0.39 is 0 Å². The maximum Gasteiger partial charge on any atom is 0.172 e. The van der Waals surface area contributed by atoms with Gasteiger partial charge in [0.15, 0.2) is 11.6 Å². The fourth-order valence-electron chi connectivity index (χ4n) is 4.07. The molecule has 0 amide bonds. The number of aliphatic hydroxyl groups excluding tert-OH is 1. The summed E-state index contributed by atoms with van der Waals surface area (Å²) in [7, 11) is 1.69. The van der Waals surface area contributed by atoms with E-state index in [1.165, 1.54) is 4.90 Å². The zero-order valence-electron chi connectivity index (χ0n) is 17.2. The van der Waals surface area contributed by atoms with E-state index in [1.54, 1.807) is 7.11 Å². The Kier molecular flexibility index (Phi) is 5.59. The zero-order valence-corrected chi connectivity index (χ0v) is 17.2. The second kappa shape index (κ2) is 8.47. The molecule has 2 heterocycles. The predicted octanol–water partition coefficient (Wildman–Crippen LogP) is 2.16. The maximum atomic E-state index is 10.9. The number of piperazine rings is 1. The van der Waals surface area contributed by atoms with E-state index in [0.717, 1.165) is 48.6 Å². The number of nitriles is 1. The van der Waals surface area contributed by atoms with Crippen LogP contribution in [-0.2, 0) is 0 Å². The number of methoxy groups -OCH3 is 1. The maximum absolute atomic E-state index is 10.9. The number of nitrogens with one attached hydrogen (secondary N) is 2. The summed E-state index contributed by atoms with van der Waals surface area (Å²) in [5.41, 5.74) is 2.92. The Labute approximate surface area is 175 Å². The Balaban J connectivity index is 1.51. The first kappa shape index (κ1) is 19.8. The van der Waals surface area contributed by atoms with E-state index in [4.69, 9.17) is 4.74 Å². The van der Waals surface area contributed by atoms with Gasteiger partial charge in [0.2, 0.25) is 0 Å². The van der Waals surface area contributed by atoms with Gasteiger partial charge in [0, 0.05) is 0 Å². The number of hydrogen-bond donors (Lipinski definition) is 3. The summed E-state index contributed by atoms with van der Waals surface area (Å²) in [4.78, 5) is 11.2. The van der Waals surface area contributed by atoms with Crippen LogP contribution >= 0.6 is 0 Å². The molecule has 7 heteroatoms. The van der Waals surface area contributed by atoms with E-state index >= 15 is 0 Å². The van der Waals surface area contributed by atoms with Crippen molar-refractivity contribution < 1.29 is 14.7 Å². The number of fused-ring (bicyclic) bond motifs is 1. The molecule has 2 aromatic carbocycles. The van der Waals surface area contributed by atoms with E-state index in [1.807, 2.05) is 49.4 Å². The zero-order chi connectivity index (χ0) is 21.1. The molecule has 1 aliphatic rings. The number of para-hydroxylation sites is 4. The number of allylic oxidation sites excluding steroid dienone is 1. The van der Waals surface area contributed by atoms with Gasteiger partial charge in [-0.15, -0.1) is 0 Å². The molecule has 4 rings (SSSR count). The Morgan fingerprint density at radius 2 is 1.90 bits per heavy atom. The van der Waals surface area contributed by atoms with E-state index in [0.29, 0.717) is 5.82 Å². The van der Waals surface area contributed by atoms with Crippen LogP contribution in [0.15, 0.2) is 54.3 Å². The lowest BCUT2D eigenvalue weighted by molar-refractivity contribution is -0.919. The highest BCUT2D eigenvalue weighted by atomic mass is 16.5. The van der Waals surface area contributed by atoms with Crippen molar-refractivity contribution in [3.8, 4) is 11.8 Å². The van der Waals surface area contributed by atoms with E-state index in [2.05, 4.69) is 27.0 Å². The number of imidazole rings is 1. The fraction of sp³-hybridized carbons (Fsp3) is 0.304. The van der Waals surface area contributed by atoms with Crippen molar-refractivity contribution in [1.29, 1.82) is 5.26 Å². The molecule has 3 aromatic rings. The second-order valence-electron chi connectivity index (χ2n) is 7.51. The van der Waals surface area contributed by atoms with Crippen molar-refractivity contribution in [2.45, 2.75) is 13.0 Å². The van der Waals surface area contributed by atoms with Gasteiger partial charge in [0.25, 0.3) is 0 Å². The van der Waals surface area contributed by atoms with Crippen LogP contribution in [0.25, 0.3) is 16.6 Å². The quantitative estimate of drug-likeness (QED) is 0.448. The number of aromatic nitrogens is 2. The molecular weight excluding hydrogens is 378 g/mol. The molecule has 1 aliphatic heterocycles. The first-order chi connectivity index (χ1) is 14.6. The monoisotopic (exact) mass is 404 g/mol. The lowest BCUT2D eigenvalue weighted by atomic mass is 10.1. The molecule has 0 aliphatic carbocycles. The molecule has 1 fully saturated rings. The molecule has 0 radical (unpaired) electrons. The van der Waals surface area contributed by atoms with Gasteiger partial charge >= 0.3 is 0 Å². The van der Waals surface area contributed by atoms with Gasteiger partial charge in [0.05, 0.1) is 50.0 Å². The first-order valence-corrected chi connectivity index (χ1v) is 10.1. The number of aliphatic hydroxyl groups is 1. The van der Waals surface area contributed by atoms with Crippen LogP contribution in [0.5, 0.6) is 5.75 Å². The molecular formula is C23H26N5O2+. The Morgan fingerprint density at radius 3 is 2.60 bits per heavy atom. The third-order valence-corrected chi connectivity index (χ3v) is 5.85. The van der Waals surface area contributed by atoms with Crippen LogP contribution in [0.3, 0.4) is 0 Å².